The molecule has 0 fully saturated rings. The third-order valence-electron chi connectivity index (χ3n) is 6.26. The lowest BCUT2D eigenvalue weighted by molar-refractivity contribution is -0.137. The molecule has 8 heteroatoms. The largest absolute Gasteiger partial charge is 0.494 e. The topological polar surface area (TPSA) is 115 Å². The summed E-state index contributed by atoms with van der Waals surface area (Å²) in [5.41, 5.74) is 2.73. The van der Waals surface area contributed by atoms with Gasteiger partial charge >= 0.3 is 11.9 Å². The number of aliphatic carboxylic acids is 2. The van der Waals surface area contributed by atoms with Crippen LogP contribution in [-0.2, 0) is 16.0 Å². The number of rotatable bonds is 14. The molecule has 0 aliphatic heterocycles. The van der Waals surface area contributed by atoms with Gasteiger partial charge in [-0.15, -0.1) is 0 Å². The first-order chi connectivity index (χ1) is 19.4. The van der Waals surface area contributed by atoms with Crippen molar-refractivity contribution in [3.8, 4) is 11.5 Å². The second kappa shape index (κ2) is 13.8. The Bertz CT molecular complexity index is 1490. The third kappa shape index (κ3) is 7.83. The second-order valence-corrected chi connectivity index (χ2v) is 9.24. The van der Waals surface area contributed by atoms with E-state index in [-0.39, 0.29) is 19.3 Å². The number of carbonyl (C=O) groups is 3. The van der Waals surface area contributed by atoms with Gasteiger partial charge in [-0.05, 0) is 59.9 Å². The molecule has 1 aromatic heterocycles. The maximum absolute atomic E-state index is 12.7. The molecule has 8 nitrogen and oxygen atoms in total. The summed E-state index contributed by atoms with van der Waals surface area (Å²) in [5, 5.41) is 19.0. The number of carboxylic acid groups (broad SMARTS) is 2. The number of hydrogen-bond acceptors (Lipinski definition) is 5. The first kappa shape index (κ1) is 28.2. The molecule has 2 N–H and O–H groups in total. The highest BCUT2D eigenvalue weighted by Gasteiger charge is 2.18. The van der Waals surface area contributed by atoms with Crippen LogP contribution in [0.1, 0.15) is 47.2 Å². The molecule has 4 rings (SSSR count). The molecule has 1 heterocycles. The molecule has 0 radical (unpaired) electrons. The number of nitrogens with zero attached hydrogens (tertiary/aromatic N) is 1. The van der Waals surface area contributed by atoms with Crippen molar-refractivity contribution in [2.75, 3.05) is 13.2 Å². The summed E-state index contributed by atoms with van der Waals surface area (Å²) in [4.78, 5) is 35.1. The van der Waals surface area contributed by atoms with Gasteiger partial charge in [-0.3, -0.25) is 19.0 Å². The average molecular weight is 542 g/mol. The fraction of sp³-hybridized carbons (Fsp3) is 0.219. The highest BCUT2D eigenvalue weighted by molar-refractivity contribution is 6.01. The molecule has 0 aliphatic carbocycles. The Balaban J connectivity index is 1.39. The first-order valence-electron chi connectivity index (χ1n) is 13.1. The molecule has 0 bridgehead atoms. The van der Waals surface area contributed by atoms with Crippen molar-refractivity contribution in [1.82, 2.24) is 4.57 Å². The Labute approximate surface area is 232 Å². The lowest BCUT2D eigenvalue weighted by atomic mass is 10.0. The summed E-state index contributed by atoms with van der Waals surface area (Å²) < 4.78 is 12.9. The zero-order valence-corrected chi connectivity index (χ0v) is 22.0. The minimum Gasteiger partial charge on any atom is -0.494 e. The number of carbonyl (C=O) groups excluding carboxylic acids is 1. The summed E-state index contributed by atoms with van der Waals surface area (Å²) in [7, 11) is 0. The molecule has 0 aliphatic rings. The van der Waals surface area contributed by atoms with Gasteiger partial charge in [0.1, 0.15) is 11.5 Å². The number of unbranched alkanes of at least 4 members (excludes halogenated alkanes) is 1. The van der Waals surface area contributed by atoms with Crippen LogP contribution in [0.4, 0.5) is 0 Å². The Morgan fingerprint density at radius 1 is 0.725 bits per heavy atom. The lowest BCUT2D eigenvalue weighted by Crippen LogP contribution is -2.11. The van der Waals surface area contributed by atoms with Gasteiger partial charge in [0.05, 0.1) is 31.6 Å². The molecular weight excluding hydrogens is 510 g/mol. The zero-order valence-electron chi connectivity index (χ0n) is 22.0. The standard InChI is InChI=1S/C32H31NO7/c34-29(17-18-30(35)36)33-22-25(21-31(37)38)32-24(7-6-10-28(32)33)14-11-23-12-15-27(16-13-23)40-20-5-4-19-39-26-8-2-1-3-9-26/h1-3,6-16,22H,4-5,17-21H2,(H,35,36)(H,37,38). The van der Waals surface area contributed by atoms with Gasteiger partial charge in [0.15, 0.2) is 0 Å². The van der Waals surface area contributed by atoms with Crippen molar-refractivity contribution in [2.45, 2.75) is 32.1 Å². The number of fused-ring (bicyclic) bond motifs is 1. The van der Waals surface area contributed by atoms with E-state index >= 15 is 0 Å². The summed E-state index contributed by atoms with van der Waals surface area (Å²) in [6.07, 6.45) is 6.31. The van der Waals surface area contributed by atoms with Crippen molar-refractivity contribution in [1.29, 1.82) is 0 Å². The number of carboxylic acids is 2. The monoisotopic (exact) mass is 541 g/mol. The molecule has 0 amide bonds. The Morgan fingerprint density at radius 2 is 1.40 bits per heavy atom. The van der Waals surface area contributed by atoms with Gasteiger partial charge in [0, 0.05) is 18.0 Å². The number of ether oxygens (including phenoxy) is 2. The van der Waals surface area contributed by atoms with Crippen molar-refractivity contribution in [2.24, 2.45) is 0 Å². The minimum absolute atomic E-state index is 0.179. The third-order valence-corrected chi connectivity index (χ3v) is 6.26. The van der Waals surface area contributed by atoms with E-state index in [1.54, 1.807) is 12.1 Å². The van der Waals surface area contributed by atoms with Crippen LogP contribution in [0.2, 0.25) is 0 Å². The first-order valence-corrected chi connectivity index (χ1v) is 13.1. The van der Waals surface area contributed by atoms with Crippen LogP contribution < -0.4 is 9.47 Å². The van der Waals surface area contributed by atoms with E-state index in [1.807, 2.05) is 72.8 Å². The predicted octanol–water partition coefficient (Wildman–Crippen LogP) is 6.18. The van der Waals surface area contributed by atoms with E-state index in [2.05, 4.69) is 0 Å². The van der Waals surface area contributed by atoms with E-state index < -0.39 is 17.8 Å². The predicted molar refractivity (Wildman–Crippen MR) is 153 cm³/mol. The Kier molecular flexibility index (Phi) is 9.72. The van der Waals surface area contributed by atoms with E-state index in [1.165, 1.54) is 10.8 Å². The van der Waals surface area contributed by atoms with Gasteiger partial charge in [0.2, 0.25) is 5.91 Å². The van der Waals surface area contributed by atoms with Crippen LogP contribution in [0.25, 0.3) is 23.1 Å². The van der Waals surface area contributed by atoms with Crippen LogP contribution in [-0.4, -0.2) is 45.8 Å². The van der Waals surface area contributed by atoms with E-state index in [9.17, 15) is 19.5 Å². The molecule has 40 heavy (non-hydrogen) atoms. The normalized spacial score (nSPS) is 11.1. The molecule has 4 aromatic rings. The van der Waals surface area contributed by atoms with Gasteiger partial charge in [-0.2, -0.15) is 0 Å². The van der Waals surface area contributed by atoms with E-state index in [0.717, 1.165) is 35.5 Å². The SMILES string of the molecule is O=C(O)CCC(=O)n1cc(CC(=O)O)c2c(C=Cc3ccc(OCCCCOc4ccccc4)cc3)cccc21. The van der Waals surface area contributed by atoms with Crippen LogP contribution in [0, 0.1) is 0 Å². The highest BCUT2D eigenvalue weighted by atomic mass is 16.5. The van der Waals surface area contributed by atoms with Crippen molar-refractivity contribution in [3.63, 3.8) is 0 Å². The fourth-order valence-corrected chi connectivity index (χ4v) is 4.34. The van der Waals surface area contributed by atoms with Gasteiger partial charge in [-0.25, -0.2) is 0 Å². The maximum atomic E-state index is 12.7. The quantitative estimate of drug-likeness (QED) is 0.145. The van der Waals surface area contributed by atoms with Crippen LogP contribution in [0.3, 0.4) is 0 Å². The van der Waals surface area contributed by atoms with Crippen molar-refractivity contribution in [3.05, 3.63) is 95.7 Å². The minimum atomic E-state index is -1.07. The summed E-state index contributed by atoms with van der Waals surface area (Å²) in [6.45, 7) is 1.22. The van der Waals surface area contributed by atoms with Crippen molar-refractivity contribution < 1.29 is 34.1 Å². The zero-order chi connectivity index (χ0) is 28.3. The molecule has 3 aromatic carbocycles. The fourth-order valence-electron chi connectivity index (χ4n) is 4.34. The average Bonchev–Trinajstić information content (AvgIpc) is 3.32. The highest BCUT2D eigenvalue weighted by Crippen LogP contribution is 2.28. The maximum Gasteiger partial charge on any atom is 0.307 e. The Hall–Kier alpha value is -4.85. The summed E-state index contributed by atoms with van der Waals surface area (Å²) in [6, 6.07) is 22.8. The van der Waals surface area contributed by atoms with Crippen LogP contribution >= 0.6 is 0 Å². The van der Waals surface area contributed by atoms with Gasteiger partial charge in [-0.1, -0.05) is 54.6 Å². The van der Waals surface area contributed by atoms with Gasteiger partial charge < -0.3 is 19.7 Å². The molecule has 206 valence electrons. The Morgan fingerprint density at radius 3 is 2.05 bits per heavy atom. The second-order valence-electron chi connectivity index (χ2n) is 9.24. The van der Waals surface area contributed by atoms with Crippen LogP contribution in [0.5, 0.6) is 11.5 Å². The van der Waals surface area contributed by atoms with Crippen LogP contribution in [0.15, 0.2) is 79.0 Å². The number of para-hydroxylation sites is 1. The van der Waals surface area contributed by atoms with E-state index in [0.29, 0.717) is 29.7 Å². The lowest BCUT2D eigenvalue weighted by Gasteiger charge is -2.08. The van der Waals surface area contributed by atoms with Crippen molar-refractivity contribution >= 4 is 40.9 Å². The molecular formula is C32H31NO7. The molecule has 0 atom stereocenters. The number of hydrogen-bond donors (Lipinski definition) is 2. The summed E-state index contributed by atoms with van der Waals surface area (Å²) >= 11 is 0. The molecule has 0 saturated heterocycles. The molecule has 0 spiro atoms. The van der Waals surface area contributed by atoms with E-state index in [4.69, 9.17) is 14.6 Å². The molecule has 0 unspecified atom stereocenters. The molecule has 0 saturated carbocycles. The smallest absolute Gasteiger partial charge is 0.307 e. The van der Waals surface area contributed by atoms with Gasteiger partial charge in [0.25, 0.3) is 0 Å². The summed E-state index contributed by atoms with van der Waals surface area (Å²) in [5.74, 6) is -0.851. The number of benzene rings is 3. The number of aromatic nitrogens is 1.